The molecule has 29 heavy (non-hydrogen) atoms. The molecule has 0 unspecified atom stereocenters. The molecule has 154 valence electrons. The largest absolute Gasteiger partial charge is 0.464 e. The minimum atomic E-state index is -0.650. The van der Waals surface area contributed by atoms with E-state index in [4.69, 9.17) is 10.6 Å². The Kier molecular flexibility index (Phi) is 6.13. The number of nitrogens with zero attached hydrogens (tertiary/aromatic N) is 4. The first kappa shape index (κ1) is 20.3. The van der Waals surface area contributed by atoms with E-state index in [0.717, 1.165) is 16.6 Å². The maximum atomic E-state index is 13.1. The van der Waals surface area contributed by atoms with Gasteiger partial charge >= 0.3 is 11.7 Å². The summed E-state index contributed by atoms with van der Waals surface area (Å²) in [6, 6.07) is 9.45. The van der Waals surface area contributed by atoms with E-state index in [1.807, 2.05) is 37.3 Å². The summed E-state index contributed by atoms with van der Waals surface area (Å²) in [4.78, 5) is 42.2. The van der Waals surface area contributed by atoms with Gasteiger partial charge in [0.15, 0.2) is 11.2 Å². The third-order valence-corrected chi connectivity index (χ3v) is 4.59. The summed E-state index contributed by atoms with van der Waals surface area (Å²) in [7, 11) is 1.49. The molecule has 1 aromatic carbocycles. The summed E-state index contributed by atoms with van der Waals surface area (Å²) in [5.74, 6) is 5.19. The topological polar surface area (TPSA) is 126 Å². The fourth-order valence-corrected chi connectivity index (χ4v) is 3.05. The SMILES string of the molecule is CCCCOC(=O)Cn1c(=O)c2c(nc(NN)n2Cc2ccccc2)n(C)c1=O. The third-order valence-electron chi connectivity index (χ3n) is 4.59. The van der Waals surface area contributed by atoms with E-state index in [0.29, 0.717) is 13.0 Å². The van der Waals surface area contributed by atoms with Gasteiger partial charge < -0.3 is 4.74 Å². The van der Waals surface area contributed by atoms with Gasteiger partial charge in [0.05, 0.1) is 13.2 Å². The lowest BCUT2D eigenvalue weighted by Crippen LogP contribution is -2.41. The quantitative estimate of drug-likeness (QED) is 0.245. The Morgan fingerprint density at radius 1 is 1.21 bits per heavy atom. The second-order valence-electron chi connectivity index (χ2n) is 6.63. The van der Waals surface area contributed by atoms with Crippen molar-refractivity contribution in [2.45, 2.75) is 32.9 Å². The molecular weight excluding hydrogens is 376 g/mol. The number of rotatable bonds is 8. The van der Waals surface area contributed by atoms with Gasteiger partial charge in [0.1, 0.15) is 6.54 Å². The van der Waals surface area contributed by atoms with Crippen LogP contribution in [-0.2, 0) is 29.7 Å². The van der Waals surface area contributed by atoms with Gasteiger partial charge in [0, 0.05) is 7.05 Å². The molecule has 3 aromatic rings. The first-order valence-corrected chi connectivity index (χ1v) is 9.34. The number of aryl methyl sites for hydroxylation is 1. The molecule has 0 fully saturated rings. The Hall–Kier alpha value is -3.40. The fourth-order valence-electron chi connectivity index (χ4n) is 3.05. The molecule has 0 atom stereocenters. The van der Waals surface area contributed by atoms with Crippen LogP contribution < -0.4 is 22.5 Å². The van der Waals surface area contributed by atoms with Gasteiger partial charge in [-0.25, -0.2) is 15.2 Å². The molecule has 0 aliphatic heterocycles. The number of ether oxygens (including phenoxy) is 1. The average Bonchev–Trinajstić information content (AvgIpc) is 3.09. The van der Waals surface area contributed by atoms with Crippen LogP contribution in [0.15, 0.2) is 39.9 Å². The predicted molar refractivity (Wildman–Crippen MR) is 108 cm³/mol. The van der Waals surface area contributed by atoms with Crippen LogP contribution in [0.2, 0.25) is 0 Å². The normalized spacial score (nSPS) is 11.0. The van der Waals surface area contributed by atoms with Crippen molar-refractivity contribution in [1.82, 2.24) is 18.7 Å². The fraction of sp³-hybridized carbons (Fsp3) is 0.368. The highest BCUT2D eigenvalue weighted by Crippen LogP contribution is 2.17. The predicted octanol–water partition coefficient (Wildman–Crippen LogP) is 0.574. The number of benzene rings is 1. The molecular formula is C19H24N6O4. The standard InChI is InChI=1S/C19H24N6O4/c1-3-4-10-29-14(26)12-25-17(27)15-16(23(2)19(25)28)21-18(22-20)24(15)11-13-8-6-5-7-9-13/h5-9H,3-4,10-12,20H2,1-2H3,(H,21,22). The van der Waals surface area contributed by atoms with Crippen molar-refractivity contribution in [2.75, 3.05) is 12.0 Å². The number of nitrogens with one attached hydrogen (secondary N) is 1. The van der Waals surface area contributed by atoms with Gasteiger partial charge in [0.2, 0.25) is 5.95 Å². The molecule has 2 heterocycles. The van der Waals surface area contributed by atoms with Crippen LogP contribution in [0, 0.1) is 0 Å². The van der Waals surface area contributed by atoms with E-state index < -0.39 is 23.8 Å². The van der Waals surface area contributed by atoms with Crippen molar-refractivity contribution < 1.29 is 9.53 Å². The van der Waals surface area contributed by atoms with E-state index >= 15 is 0 Å². The molecule has 2 aromatic heterocycles. The summed E-state index contributed by atoms with van der Waals surface area (Å²) in [5, 5.41) is 0. The number of hydrogen-bond donors (Lipinski definition) is 2. The highest BCUT2D eigenvalue weighted by molar-refractivity contribution is 5.75. The maximum absolute atomic E-state index is 13.1. The van der Waals surface area contributed by atoms with Crippen LogP contribution in [0.1, 0.15) is 25.3 Å². The molecule has 10 heteroatoms. The second kappa shape index (κ2) is 8.74. The molecule has 3 N–H and O–H groups in total. The maximum Gasteiger partial charge on any atom is 0.333 e. The van der Waals surface area contributed by atoms with Crippen LogP contribution >= 0.6 is 0 Å². The Balaban J connectivity index is 2.10. The summed E-state index contributed by atoms with van der Waals surface area (Å²) >= 11 is 0. The summed E-state index contributed by atoms with van der Waals surface area (Å²) in [5.41, 5.74) is 2.47. The van der Waals surface area contributed by atoms with Gasteiger partial charge in [-0.1, -0.05) is 43.7 Å². The van der Waals surface area contributed by atoms with Crippen LogP contribution in [0.4, 0.5) is 5.95 Å². The molecule has 0 amide bonds. The minimum Gasteiger partial charge on any atom is -0.464 e. The zero-order valence-electron chi connectivity index (χ0n) is 16.4. The lowest BCUT2D eigenvalue weighted by atomic mass is 10.2. The van der Waals surface area contributed by atoms with Crippen LogP contribution in [0.3, 0.4) is 0 Å². The van der Waals surface area contributed by atoms with Crippen molar-refractivity contribution in [1.29, 1.82) is 0 Å². The van der Waals surface area contributed by atoms with E-state index in [1.165, 1.54) is 11.6 Å². The molecule has 0 bridgehead atoms. The van der Waals surface area contributed by atoms with Crippen LogP contribution in [0.5, 0.6) is 0 Å². The van der Waals surface area contributed by atoms with Crippen molar-refractivity contribution in [2.24, 2.45) is 12.9 Å². The van der Waals surface area contributed by atoms with Crippen molar-refractivity contribution >= 4 is 23.1 Å². The van der Waals surface area contributed by atoms with Gasteiger partial charge in [-0.15, -0.1) is 0 Å². The summed E-state index contributed by atoms with van der Waals surface area (Å²) in [6.07, 6.45) is 1.58. The van der Waals surface area contributed by atoms with E-state index in [2.05, 4.69) is 10.4 Å². The highest BCUT2D eigenvalue weighted by Gasteiger charge is 2.21. The molecule has 0 aliphatic rings. The van der Waals surface area contributed by atoms with Gasteiger partial charge in [-0.3, -0.25) is 24.1 Å². The Morgan fingerprint density at radius 2 is 1.93 bits per heavy atom. The number of fused-ring (bicyclic) bond motifs is 1. The number of carbonyl (C=O) groups is 1. The van der Waals surface area contributed by atoms with Gasteiger partial charge in [-0.2, -0.15) is 4.98 Å². The molecule has 0 radical (unpaired) electrons. The van der Waals surface area contributed by atoms with Crippen LogP contribution in [-0.4, -0.2) is 31.3 Å². The Morgan fingerprint density at radius 3 is 2.59 bits per heavy atom. The summed E-state index contributed by atoms with van der Waals surface area (Å²) in [6.45, 7) is 2.07. The van der Waals surface area contributed by atoms with Gasteiger partial charge in [0.25, 0.3) is 5.56 Å². The lowest BCUT2D eigenvalue weighted by molar-refractivity contribution is -0.144. The first-order valence-electron chi connectivity index (χ1n) is 9.34. The monoisotopic (exact) mass is 400 g/mol. The smallest absolute Gasteiger partial charge is 0.333 e. The Labute approximate surface area is 166 Å². The van der Waals surface area contributed by atoms with Gasteiger partial charge in [-0.05, 0) is 12.0 Å². The molecule has 10 nitrogen and oxygen atoms in total. The van der Waals surface area contributed by atoms with Crippen LogP contribution in [0.25, 0.3) is 11.2 Å². The number of nitrogen functional groups attached to an aromatic ring is 1. The molecule has 3 rings (SSSR count). The number of hydrazine groups is 1. The molecule has 0 saturated carbocycles. The number of carbonyl (C=O) groups excluding carboxylic acids is 1. The summed E-state index contributed by atoms with van der Waals surface area (Å²) < 4.78 is 8.77. The number of nitrogens with two attached hydrogens (primary N) is 1. The molecule has 0 saturated heterocycles. The number of unbranched alkanes of at least 4 members (excludes halogenated alkanes) is 1. The van der Waals surface area contributed by atoms with Crippen molar-refractivity contribution in [3.05, 3.63) is 56.7 Å². The van der Waals surface area contributed by atoms with Crippen molar-refractivity contribution in [3.63, 3.8) is 0 Å². The number of anilines is 1. The first-order chi connectivity index (χ1) is 14.0. The van der Waals surface area contributed by atoms with E-state index in [-0.39, 0.29) is 23.7 Å². The van der Waals surface area contributed by atoms with E-state index in [9.17, 15) is 14.4 Å². The average molecular weight is 400 g/mol. The second-order valence-corrected chi connectivity index (χ2v) is 6.63. The number of hydrogen-bond acceptors (Lipinski definition) is 7. The third kappa shape index (κ3) is 4.06. The number of esters is 1. The number of imidazole rings is 1. The number of aromatic nitrogens is 4. The lowest BCUT2D eigenvalue weighted by Gasteiger charge is -2.11. The minimum absolute atomic E-state index is 0.172. The highest BCUT2D eigenvalue weighted by atomic mass is 16.5. The molecule has 0 spiro atoms. The Bertz CT molecular complexity index is 1130. The zero-order valence-corrected chi connectivity index (χ0v) is 16.4. The molecule has 0 aliphatic carbocycles. The zero-order chi connectivity index (χ0) is 21.0. The van der Waals surface area contributed by atoms with E-state index in [1.54, 1.807) is 4.57 Å². The van der Waals surface area contributed by atoms with Crippen molar-refractivity contribution in [3.8, 4) is 0 Å².